The monoisotopic (exact) mass is 386 g/mol. The lowest BCUT2D eigenvalue weighted by atomic mass is 9.96. The fourth-order valence-corrected chi connectivity index (χ4v) is 3.69. The molecule has 0 bridgehead atoms. The molecule has 146 valence electrons. The molecule has 3 aromatic rings. The second-order valence-electron chi connectivity index (χ2n) is 7.09. The highest BCUT2D eigenvalue weighted by atomic mass is 16.5. The molecule has 0 saturated heterocycles. The first-order valence-corrected chi connectivity index (χ1v) is 9.46. The van der Waals surface area contributed by atoms with Crippen LogP contribution in [0, 0.1) is 0 Å². The van der Waals surface area contributed by atoms with Crippen LogP contribution in [0.5, 0.6) is 5.75 Å². The number of aliphatic carboxylic acids is 1. The first-order chi connectivity index (χ1) is 14.0. The average Bonchev–Trinajstić information content (AvgIpc) is 3.07. The van der Waals surface area contributed by atoms with E-state index >= 15 is 0 Å². The van der Waals surface area contributed by atoms with Crippen molar-refractivity contribution in [3.05, 3.63) is 95.6 Å². The van der Waals surface area contributed by atoms with Crippen molar-refractivity contribution in [3.63, 3.8) is 0 Å². The van der Waals surface area contributed by atoms with Gasteiger partial charge in [0.2, 0.25) is 0 Å². The Balaban J connectivity index is 1.53. The number of ether oxygens (including phenoxy) is 2. The van der Waals surface area contributed by atoms with E-state index in [1.54, 1.807) is 24.3 Å². The normalized spacial score (nSPS) is 13.9. The van der Waals surface area contributed by atoms with Gasteiger partial charge in [0.25, 0.3) is 0 Å². The van der Waals surface area contributed by atoms with Gasteiger partial charge in [0.1, 0.15) is 12.4 Å². The largest absolute Gasteiger partial charge is 0.490 e. The first-order valence-electron chi connectivity index (χ1n) is 9.46. The fourth-order valence-electron chi connectivity index (χ4n) is 3.69. The van der Waals surface area contributed by atoms with Crippen molar-refractivity contribution < 1.29 is 19.4 Å². The third-order valence-corrected chi connectivity index (χ3v) is 5.48. The average molecular weight is 386 g/mol. The summed E-state index contributed by atoms with van der Waals surface area (Å²) in [5, 5.41) is 9.41. The number of rotatable bonds is 6. The van der Waals surface area contributed by atoms with E-state index in [4.69, 9.17) is 9.47 Å². The zero-order valence-electron chi connectivity index (χ0n) is 16.4. The highest BCUT2D eigenvalue weighted by Gasteiger charge is 2.35. The summed E-state index contributed by atoms with van der Waals surface area (Å²) in [6, 6.07) is 23.7. The number of hydrogen-bond donors (Lipinski definition) is 1. The molecule has 4 rings (SSSR count). The molecule has 1 N–H and O–H groups in total. The zero-order valence-corrected chi connectivity index (χ0v) is 16.4. The van der Waals surface area contributed by atoms with Crippen molar-refractivity contribution in [2.45, 2.75) is 12.5 Å². The van der Waals surface area contributed by atoms with Crippen LogP contribution in [0.25, 0.3) is 16.7 Å². The van der Waals surface area contributed by atoms with Crippen LogP contribution in [0.2, 0.25) is 0 Å². The Morgan fingerprint density at radius 2 is 1.41 bits per heavy atom. The first kappa shape index (κ1) is 19.0. The van der Waals surface area contributed by atoms with E-state index in [1.165, 1.54) is 41.9 Å². The Hall–Kier alpha value is -3.37. The summed E-state index contributed by atoms with van der Waals surface area (Å²) in [6.45, 7) is 1.95. The van der Waals surface area contributed by atoms with E-state index in [-0.39, 0.29) is 0 Å². The minimum atomic E-state index is -1.38. The Bertz CT molecular complexity index is 1030. The van der Waals surface area contributed by atoms with Crippen molar-refractivity contribution in [1.29, 1.82) is 0 Å². The van der Waals surface area contributed by atoms with E-state index < -0.39 is 11.6 Å². The van der Waals surface area contributed by atoms with Gasteiger partial charge in [-0.25, -0.2) is 4.79 Å². The lowest BCUT2D eigenvalue weighted by Gasteiger charge is -2.23. The Morgan fingerprint density at radius 1 is 0.897 bits per heavy atom. The Morgan fingerprint density at radius 3 is 1.90 bits per heavy atom. The van der Waals surface area contributed by atoms with Crippen LogP contribution < -0.4 is 4.74 Å². The Kier molecular flexibility index (Phi) is 4.95. The predicted octanol–water partition coefficient (Wildman–Crippen LogP) is 5.12. The summed E-state index contributed by atoms with van der Waals surface area (Å²) in [5.41, 5.74) is 5.27. The van der Waals surface area contributed by atoms with Crippen LogP contribution in [-0.4, -0.2) is 24.8 Å². The van der Waals surface area contributed by atoms with Gasteiger partial charge < -0.3 is 14.6 Å². The number of carboxylic acid groups (broad SMARTS) is 1. The maximum Gasteiger partial charge on any atom is 0.340 e. The standard InChI is InChI=1S/C25H22O4/c1-25(28-2,24(26)27)17-11-13-18(14-12-17)29-16-15-23-21-9-5-3-7-19(21)20-8-4-6-10-22(20)23/h3-15H,16H2,1-2H3,(H,26,27). The highest BCUT2D eigenvalue weighted by molar-refractivity contribution is 6.01. The van der Waals surface area contributed by atoms with E-state index in [1.807, 2.05) is 12.1 Å². The SMILES string of the molecule is COC(C)(C(=O)O)c1ccc(OCC=C2c3ccccc3-c3ccccc32)cc1. The molecular formula is C25H22O4. The van der Waals surface area contributed by atoms with Crippen LogP contribution >= 0.6 is 0 Å². The molecule has 0 amide bonds. The topological polar surface area (TPSA) is 55.8 Å². The molecule has 4 nitrogen and oxygen atoms in total. The molecule has 29 heavy (non-hydrogen) atoms. The number of benzene rings is 3. The number of hydrogen-bond acceptors (Lipinski definition) is 3. The summed E-state index contributed by atoms with van der Waals surface area (Å²) >= 11 is 0. The van der Waals surface area contributed by atoms with E-state index in [0.29, 0.717) is 17.9 Å². The molecule has 0 radical (unpaired) electrons. The number of carboxylic acids is 1. The number of methoxy groups -OCH3 is 1. The van der Waals surface area contributed by atoms with Crippen LogP contribution in [-0.2, 0) is 15.1 Å². The van der Waals surface area contributed by atoms with Crippen LogP contribution in [0.3, 0.4) is 0 Å². The minimum absolute atomic E-state index is 0.415. The minimum Gasteiger partial charge on any atom is -0.490 e. The fraction of sp³-hybridized carbons (Fsp3) is 0.160. The molecule has 0 heterocycles. The van der Waals surface area contributed by atoms with E-state index in [0.717, 1.165) is 0 Å². The molecule has 0 aromatic heterocycles. The summed E-state index contributed by atoms with van der Waals surface area (Å²) in [7, 11) is 1.39. The van der Waals surface area contributed by atoms with Crippen molar-refractivity contribution in [2.24, 2.45) is 0 Å². The Labute approximate surface area is 170 Å². The maximum atomic E-state index is 11.5. The smallest absolute Gasteiger partial charge is 0.340 e. The third-order valence-electron chi connectivity index (χ3n) is 5.48. The predicted molar refractivity (Wildman–Crippen MR) is 113 cm³/mol. The zero-order chi connectivity index (χ0) is 20.4. The van der Waals surface area contributed by atoms with Crippen LogP contribution in [0.1, 0.15) is 23.6 Å². The van der Waals surface area contributed by atoms with Crippen molar-refractivity contribution in [3.8, 4) is 16.9 Å². The second kappa shape index (κ2) is 7.57. The van der Waals surface area contributed by atoms with Gasteiger partial charge in [0.15, 0.2) is 5.60 Å². The molecular weight excluding hydrogens is 364 g/mol. The molecule has 1 aliphatic rings. The molecule has 0 saturated carbocycles. The van der Waals surface area contributed by atoms with Crippen molar-refractivity contribution in [1.82, 2.24) is 0 Å². The van der Waals surface area contributed by atoms with Gasteiger partial charge in [-0.15, -0.1) is 0 Å². The van der Waals surface area contributed by atoms with Crippen LogP contribution in [0.4, 0.5) is 0 Å². The maximum absolute atomic E-state index is 11.5. The third kappa shape index (κ3) is 3.32. The second-order valence-corrected chi connectivity index (χ2v) is 7.09. The van der Waals surface area contributed by atoms with E-state index in [9.17, 15) is 9.90 Å². The summed E-state index contributed by atoms with van der Waals surface area (Å²) in [5.74, 6) is -0.356. The molecule has 4 heteroatoms. The van der Waals surface area contributed by atoms with Gasteiger partial charge in [-0.05, 0) is 58.5 Å². The lowest BCUT2D eigenvalue weighted by molar-refractivity contribution is -0.161. The number of fused-ring (bicyclic) bond motifs is 3. The van der Waals surface area contributed by atoms with Gasteiger partial charge >= 0.3 is 5.97 Å². The molecule has 1 unspecified atom stereocenters. The van der Waals surface area contributed by atoms with Crippen molar-refractivity contribution in [2.75, 3.05) is 13.7 Å². The van der Waals surface area contributed by atoms with Crippen molar-refractivity contribution >= 4 is 11.5 Å². The summed E-state index contributed by atoms with van der Waals surface area (Å²) < 4.78 is 11.1. The molecule has 0 aliphatic heterocycles. The van der Waals surface area contributed by atoms with Gasteiger partial charge in [-0.1, -0.05) is 60.7 Å². The van der Waals surface area contributed by atoms with Gasteiger partial charge in [-0.3, -0.25) is 0 Å². The quantitative estimate of drug-likeness (QED) is 0.499. The summed E-state index contributed by atoms with van der Waals surface area (Å²) in [6.07, 6.45) is 2.09. The molecule has 1 atom stereocenters. The summed E-state index contributed by atoms with van der Waals surface area (Å²) in [4.78, 5) is 11.5. The lowest BCUT2D eigenvalue weighted by Crippen LogP contribution is -2.34. The van der Waals surface area contributed by atoms with Crippen LogP contribution in [0.15, 0.2) is 78.9 Å². The van der Waals surface area contributed by atoms with Gasteiger partial charge in [0.05, 0.1) is 0 Å². The van der Waals surface area contributed by atoms with E-state index in [2.05, 4.69) is 42.5 Å². The van der Waals surface area contributed by atoms with Gasteiger partial charge in [-0.2, -0.15) is 0 Å². The molecule has 1 aliphatic carbocycles. The molecule has 0 fully saturated rings. The number of carbonyl (C=O) groups is 1. The van der Waals surface area contributed by atoms with Gasteiger partial charge in [0, 0.05) is 7.11 Å². The molecule has 3 aromatic carbocycles. The molecule has 0 spiro atoms. The highest BCUT2D eigenvalue weighted by Crippen LogP contribution is 2.43.